The van der Waals surface area contributed by atoms with E-state index in [9.17, 15) is 19.2 Å². The van der Waals surface area contributed by atoms with Gasteiger partial charge in [0.2, 0.25) is 11.8 Å². The molecule has 3 atom stereocenters. The van der Waals surface area contributed by atoms with Gasteiger partial charge < -0.3 is 25.5 Å². The number of hydrogen-bond acceptors (Lipinski definition) is 5. The quantitative estimate of drug-likeness (QED) is 0.395. The van der Waals surface area contributed by atoms with Crippen molar-refractivity contribution >= 4 is 24.2 Å². The third kappa shape index (κ3) is 8.79. The first-order valence-electron chi connectivity index (χ1n) is 12.3. The molecule has 2 aliphatic rings. The van der Waals surface area contributed by atoms with Crippen molar-refractivity contribution in [2.45, 2.75) is 103 Å². The topological polar surface area (TPSA) is 114 Å². The van der Waals surface area contributed by atoms with Crippen molar-refractivity contribution in [3.8, 4) is 0 Å². The first kappa shape index (κ1) is 26.1. The van der Waals surface area contributed by atoms with E-state index >= 15 is 0 Å². The predicted molar refractivity (Wildman–Crippen MR) is 122 cm³/mol. The van der Waals surface area contributed by atoms with Crippen LogP contribution in [0.5, 0.6) is 0 Å². The molecule has 1 aliphatic heterocycles. The molecule has 32 heavy (non-hydrogen) atoms. The minimum Gasteiger partial charge on any atom is -0.446 e. The number of nitrogens with one attached hydrogen (secondary N) is 3. The van der Waals surface area contributed by atoms with Crippen LogP contribution in [0.4, 0.5) is 4.79 Å². The maximum atomic E-state index is 12.8. The summed E-state index contributed by atoms with van der Waals surface area (Å²) >= 11 is 0. The fourth-order valence-electron chi connectivity index (χ4n) is 4.67. The molecule has 1 heterocycles. The van der Waals surface area contributed by atoms with E-state index in [0.717, 1.165) is 31.6 Å². The Hall–Kier alpha value is -2.12. The third-order valence-electron chi connectivity index (χ3n) is 6.54. The Bertz CT molecular complexity index is 631. The van der Waals surface area contributed by atoms with Gasteiger partial charge in [-0.3, -0.25) is 9.59 Å². The zero-order valence-corrected chi connectivity index (χ0v) is 19.9. The number of alkyl carbamates (subject to hydrolysis) is 1. The van der Waals surface area contributed by atoms with Gasteiger partial charge in [0.25, 0.3) is 0 Å². The molecule has 0 radical (unpaired) electrons. The summed E-state index contributed by atoms with van der Waals surface area (Å²) < 4.78 is 5.61. The first-order chi connectivity index (χ1) is 15.3. The van der Waals surface area contributed by atoms with Gasteiger partial charge in [0, 0.05) is 12.5 Å². The highest BCUT2D eigenvalue weighted by Gasteiger charge is 2.31. The number of ether oxygens (including phenoxy) is 1. The second-order valence-corrected chi connectivity index (χ2v) is 9.78. The van der Waals surface area contributed by atoms with Crippen LogP contribution in [-0.2, 0) is 19.1 Å². The van der Waals surface area contributed by atoms with Crippen LogP contribution in [0.3, 0.4) is 0 Å². The number of carbonyl (C=O) groups is 4. The summed E-state index contributed by atoms with van der Waals surface area (Å²) in [6.07, 6.45) is 8.87. The number of hydrogen-bond donors (Lipinski definition) is 3. The smallest absolute Gasteiger partial charge is 0.408 e. The van der Waals surface area contributed by atoms with Gasteiger partial charge in [0.15, 0.2) is 0 Å². The summed E-state index contributed by atoms with van der Waals surface area (Å²) in [5.41, 5.74) is 0. The van der Waals surface area contributed by atoms with Crippen molar-refractivity contribution in [3.63, 3.8) is 0 Å². The third-order valence-corrected chi connectivity index (χ3v) is 6.54. The number of amides is 3. The molecular formula is C24H41N3O5. The van der Waals surface area contributed by atoms with E-state index in [1.54, 1.807) is 0 Å². The maximum absolute atomic E-state index is 12.8. The lowest BCUT2D eigenvalue weighted by Crippen LogP contribution is -2.51. The van der Waals surface area contributed by atoms with E-state index in [2.05, 4.69) is 22.9 Å². The van der Waals surface area contributed by atoms with Crippen LogP contribution < -0.4 is 16.0 Å². The van der Waals surface area contributed by atoms with Crippen molar-refractivity contribution in [3.05, 3.63) is 0 Å². The Kier molecular flexibility index (Phi) is 11.0. The van der Waals surface area contributed by atoms with Crippen LogP contribution in [0.25, 0.3) is 0 Å². The van der Waals surface area contributed by atoms with Gasteiger partial charge in [0.1, 0.15) is 18.4 Å². The largest absolute Gasteiger partial charge is 0.446 e. The zero-order valence-electron chi connectivity index (χ0n) is 19.9. The lowest BCUT2D eigenvalue weighted by atomic mass is 9.84. The van der Waals surface area contributed by atoms with Crippen LogP contribution in [0.2, 0.25) is 0 Å². The predicted octanol–water partition coefficient (Wildman–Crippen LogP) is 3.09. The minimum absolute atomic E-state index is 0.0871. The Balaban J connectivity index is 1.84. The SMILES string of the molecule is CCCCC1CCC(OC(=O)N[C@H](CC(C)C)C(=O)N[C@@H](C=O)CC2CCNC2=O)CC1. The zero-order chi connectivity index (χ0) is 23.5. The molecule has 1 unspecified atom stereocenters. The van der Waals surface area contributed by atoms with Crippen molar-refractivity contribution in [2.24, 2.45) is 17.8 Å². The fourth-order valence-corrected chi connectivity index (χ4v) is 4.67. The van der Waals surface area contributed by atoms with Crippen molar-refractivity contribution in [1.82, 2.24) is 16.0 Å². The molecule has 8 nitrogen and oxygen atoms in total. The second kappa shape index (κ2) is 13.4. The molecule has 3 N–H and O–H groups in total. The van der Waals surface area contributed by atoms with E-state index in [1.807, 2.05) is 13.8 Å². The Morgan fingerprint density at radius 1 is 1.16 bits per heavy atom. The standard InChI is InChI=1S/C24H41N3O5/c1-4-5-6-17-7-9-20(10-8-17)32-24(31)27-21(13-16(2)3)23(30)26-19(15-28)14-18-11-12-25-22(18)29/h15-21H,4-14H2,1-3H3,(H,25,29)(H,26,30)(H,27,31)/t17?,18?,19-,20?,21-/m1/s1. The van der Waals surface area contributed by atoms with E-state index in [1.165, 1.54) is 19.3 Å². The van der Waals surface area contributed by atoms with Crippen molar-refractivity contribution < 1.29 is 23.9 Å². The van der Waals surface area contributed by atoms with E-state index in [0.29, 0.717) is 25.7 Å². The molecule has 0 aromatic heterocycles. The highest BCUT2D eigenvalue weighted by Crippen LogP contribution is 2.29. The highest BCUT2D eigenvalue weighted by molar-refractivity contribution is 5.88. The van der Waals surface area contributed by atoms with Crippen LogP contribution in [0.1, 0.15) is 85.0 Å². The summed E-state index contributed by atoms with van der Waals surface area (Å²) in [5, 5.41) is 8.14. The van der Waals surface area contributed by atoms with Gasteiger partial charge in [-0.15, -0.1) is 0 Å². The first-order valence-corrected chi connectivity index (χ1v) is 12.3. The fraction of sp³-hybridized carbons (Fsp3) is 0.833. The van der Waals surface area contributed by atoms with Gasteiger partial charge in [-0.25, -0.2) is 4.79 Å². The lowest BCUT2D eigenvalue weighted by Gasteiger charge is -2.29. The Morgan fingerprint density at radius 3 is 2.44 bits per heavy atom. The Morgan fingerprint density at radius 2 is 1.88 bits per heavy atom. The molecule has 1 saturated carbocycles. The van der Waals surface area contributed by atoms with Gasteiger partial charge in [0.05, 0.1) is 6.04 Å². The van der Waals surface area contributed by atoms with E-state index < -0.39 is 24.1 Å². The molecule has 1 aliphatic carbocycles. The summed E-state index contributed by atoms with van der Waals surface area (Å²) in [5.74, 6) is 0.0969. The average molecular weight is 452 g/mol. The molecule has 1 saturated heterocycles. The number of carbonyl (C=O) groups excluding carboxylic acids is 4. The molecular weight excluding hydrogens is 410 g/mol. The van der Waals surface area contributed by atoms with Crippen molar-refractivity contribution in [2.75, 3.05) is 6.54 Å². The normalized spacial score (nSPS) is 25.0. The summed E-state index contributed by atoms with van der Waals surface area (Å²) in [6, 6.07) is -1.55. The van der Waals surface area contributed by atoms with Gasteiger partial charge in [-0.1, -0.05) is 40.0 Å². The van der Waals surface area contributed by atoms with Gasteiger partial charge in [-0.2, -0.15) is 0 Å². The van der Waals surface area contributed by atoms with Gasteiger partial charge >= 0.3 is 6.09 Å². The average Bonchev–Trinajstić information content (AvgIpc) is 3.16. The van der Waals surface area contributed by atoms with Gasteiger partial charge in [-0.05, 0) is 56.8 Å². The molecule has 0 bridgehead atoms. The minimum atomic E-state index is -0.789. The molecule has 3 amide bonds. The summed E-state index contributed by atoms with van der Waals surface area (Å²) in [4.78, 5) is 48.6. The lowest BCUT2D eigenvalue weighted by molar-refractivity contribution is -0.127. The molecule has 8 heteroatoms. The van der Waals surface area contributed by atoms with Crippen LogP contribution in [0, 0.1) is 17.8 Å². The van der Waals surface area contributed by atoms with Crippen LogP contribution in [0.15, 0.2) is 0 Å². The monoisotopic (exact) mass is 451 g/mol. The van der Waals surface area contributed by atoms with Crippen LogP contribution >= 0.6 is 0 Å². The van der Waals surface area contributed by atoms with E-state index in [-0.39, 0.29) is 30.3 Å². The number of rotatable bonds is 12. The van der Waals surface area contributed by atoms with Crippen LogP contribution in [-0.4, -0.2) is 48.9 Å². The summed E-state index contributed by atoms with van der Waals surface area (Å²) in [6.45, 7) is 6.72. The number of unbranched alkanes of at least 4 members (excludes halogenated alkanes) is 1. The van der Waals surface area contributed by atoms with Crippen molar-refractivity contribution in [1.29, 1.82) is 0 Å². The number of aldehydes is 1. The molecule has 0 aromatic rings. The highest BCUT2D eigenvalue weighted by atomic mass is 16.6. The van der Waals surface area contributed by atoms with E-state index in [4.69, 9.17) is 4.74 Å². The molecule has 182 valence electrons. The molecule has 2 rings (SSSR count). The maximum Gasteiger partial charge on any atom is 0.408 e. The summed E-state index contributed by atoms with van der Waals surface area (Å²) in [7, 11) is 0. The molecule has 0 aromatic carbocycles. The second-order valence-electron chi connectivity index (χ2n) is 9.78. The molecule has 0 spiro atoms. The molecule has 2 fully saturated rings. The Labute approximate surface area is 192 Å².